The Labute approximate surface area is 94.2 Å². The number of hydrogen-bond acceptors (Lipinski definition) is 1. The highest BCUT2D eigenvalue weighted by Gasteiger charge is 2.04. The molecule has 14 heavy (non-hydrogen) atoms. The van der Waals surface area contributed by atoms with E-state index in [-0.39, 0.29) is 0 Å². The van der Waals surface area contributed by atoms with Crippen molar-refractivity contribution >= 4 is 12.6 Å². The van der Waals surface area contributed by atoms with Crippen LogP contribution in [0.4, 0.5) is 0 Å². The Kier molecular flexibility index (Phi) is 6.73. The van der Waals surface area contributed by atoms with E-state index in [0.29, 0.717) is 5.92 Å². The highest BCUT2D eigenvalue weighted by Crippen LogP contribution is 2.19. The molecule has 1 unspecified atom stereocenters. The fraction of sp³-hybridized carbons (Fsp3) is 0.538. The summed E-state index contributed by atoms with van der Waals surface area (Å²) in [6, 6.07) is 0. The van der Waals surface area contributed by atoms with Crippen molar-refractivity contribution in [1.29, 1.82) is 0 Å². The molecule has 0 aliphatic rings. The highest BCUT2D eigenvalue weighted by molar-refractivity contribution is 7.84. The summed E-state index contributed by atoms with van der Waals surface area (Å²) in [6.07, 6.45) is 6.38. The van der Waals surface area contributed by atoms with Gasteiger partial charge in [-0.25, -0.2) is 0 Å². The quantitative estimate of drug-likeness (QED) is 0.480. The third-order valence-electron chi connectivity index (χ3n) is 2.30. The van der Waals surface area contributed by atoms with Crippen LogP contribution in [0.1, 0.15) is 33.6 Å². The predicted octanol–water partition coefficient (Wildman–Crippen LogP) is 4.61. The average molecular weight is 210 g/mol. The van der Waals surface area contributed by atoms with Crippen molar-refractivity contribution in [1.82, 2.24) is 0 Å². The molecule has 0 amide bonds. The van der Waals surface area contributed by atoms with Crippen LogP contribution in [0.2, 0.25) is 0 Å². The van der Waals surface area contributed by atoms with Crippen LogP contribution in [0.25, 0.3) is 0 Å². The van der Waals surface area contributed by atoms with Crippen molar-refractivity contribution in [2.75, 3.05) is 0 Å². The second kappa shape index (κ2) is 6.94. The van der Waals surface area contributed by atoms with E-state index in [2.05, 4.69) is 46.6 Å². The Morgan fingerprint density at radius 3 is 2.14 bits per heavy atom. The van der Waals surface area contributed by atoms with Gasteiger partial charge in [0.1, 0.15) is 0 Å². The summed E-state index contributed by atoms with van der Waals surface area (Å²) < 4.78 is 0. The van der Waals surface area contributed by atoms with Gasteiger partial charge < -0.3 is 0 Å². The molecule has 0 aliphatic carbocycles. The Morgan fingerprint density at radius 1 is 1.14 bits per heavy atom. The molecule has 0 aromatic heterocycles. The van der Waals surface area contributed by atoms with Crippen molar-refractivity contribution in [3.63, 3.8) is 0 Å². The van der Waals surface area contributed by atoms with Crippen LogP contribution in [-0.4, -0.2) is 0 Å². The zero-order valence-electron chi connectivity index (χ0n) is 9.59. The van der Waals surface area contributed by atoms with E-state index in [4.69, 9.17) is 0 Å². The van der Waals surface area contributed by atoms with Crippen molar-refractivity contribution in [3.8, 4) is 0 Å². The third-order valence-corrected chi connectivity index (χ3v) is 2.45. The van der Waals surface area contributed by atoms with E-state index in [1.54, 1.807) is 0 Å². The summed E-state index contributed by atoms with van der Waals surface area (Å²) in [7, 11) is 0. The van der Waals surface area contributed by atoms with Crippen molar-refractivity contribution in [2.45, 2.75) is 33.6 Å². The molecule has 0 aromatic carbocycles. The molecule has 1 heteroatoms. The number of hydrogen-bond donors (Lipinski definition) is 1. The predicted molar refractivity (Wildman–Crippen MR) is 69.6 cm³/mol. The molecule has 0 fully saturated rings. The summed E-state index contributed by atoms with van der Waals surface area (Å²) >= 11 is 4.10. The van der Waals surface area contributed by atoms with Crippen LogP contribution in [0, 0.1) is 11.8 Å². The number of thiol groups is 1. The summed E-state index contributed by atoms with van der Waals surface area (Å²) in [6.45, 7) is 14.5. The van der Waals surface area contributed by atoms with Gasteiger partial charge in [0, 0.05) is 0 Å². The molecule has 0 aliphatic heterocycles. The Bertz CT molecular complexity index is 223. The molecule has 0 aromatic rings. The minimum atomic E-state index is 0.557. The van der Waals surface area contributed by atoms with Gasteiger partial charge >= 0.3 is 0 Å². The molecule has 1 atom stereocenters. The highest BCUT2D eigenvalue weighted by atomic mass is 32.1. The molecule has 0 bridgehead atoms. The van der Waals surface area contributed by atoms with Crippen LogP contribution >= 0.6 is 12.6 Å². The molecule has 0 spiro atoms. The Balaban J connectivity index is 3.93. The van der Waals surface area contributed by atoms with Gasteiger partial charge in [-0.15, -0.1) is 12.6 Å². The van der Waals surface area contributed by atoms with Crippen molar-refractivity contribution in [2.24, 2.45) is 11.8 Å². The van der Waals surface area contributed by atoms with E-state index >= 15 is 0 Å². The largest absolute Gasteiger partial charge is 0.144 e. The maximum atomic E-state index is 4.10. The van der Waals surface area contributed by atoms with Gasteiger partial charge in [0.25, 0.3) is 0 Å². The number of rotatable bonds is 6. The average Bonchev–Trinajstić information content (AvgIpc) is 2.09. The minimum Gasteiger partial charge on any atom is -0.144 e. The number of allylic oxidation sites excluding steroid dienone is 3. The third kappa shape index (κ3) is 7.02. The van der Waals surface area contributed by atoms with Gasteiger partial charge in [-0.05, 0) is 29.2 Å². The molecule has 0 saturated carbocycles. The molecule has 80 valence electrons. The molecule has 0 rings (SSSR count). The summed E-state index contributed by atoms with van der Waals surface area (Å²) in [5.41, 5.74) is 1.17. The van der Waals surface area contributed by atoms with Crippen LogP contribution in [0.15, 0.2) is 35.8 Å². The van der Waals surface area contributed by atoms with Gasteiger partial charge in [-0.1, -0.05) is 52.0 Å². The first kappa shape index (κ1) is 13.6. The zero-order valence-corrected chi connectivity index (χ0v) is 10.5. The van der Waals surface area contributed by atoms with Gasteiger partial charge in [-0.2, -0.15) is 0 Å². The fourth-order valence-electron chi connectivity index (χ4n) is 1.14. The first-order chi connectivity index (χ1) is 6.43. The molecule has 0 N–H and O–H groups in total. The van der Waals surface area contributed by atoms with Crippen LogP contribution in [0.5, 0.6) is 0 Å². The summed E-state index contributed by atoms with van der Waals surface area (Å²) in [4.78, 5) is 0.780. The smallest absolute Gasteiger partial charge is 0.00319 e. The van der Waals surface area contributed by atoms with E-state index in [1.807, 2.05) is 12.2 Å². The lowest BCUT2D eigenvalue weighted by atomic mass is 9.93. The maximum absolute atomic E-state index is 4.10. The first-order valence-electron chi connectivity index (χ1n) is 5.18. The fourth-order valence-corrected chi connectivity index (χ4v) is 1.21. The molecular weight excluding hydrogens is 188 g/mol. The van der Waals surface area contributed by atoms with E-state index in [0.717, 1.165) is 10.8 Å². The topological polar surface area (TPSA) is 0 Å². The zero-order chi connectivity index (χ0) is 11.1. The van der Waals surface area contributed by atoms with E-state index in [9.17, 15) is 0 Å². The lowest BCUT2D eigenvalue weighted by Crippen LogP contribution is -1.99. The standard InChI is InChI=1S/C13H22S/c1-10(2)6-7-11(3)12(4)8-9-13(5)14/h8-11,14H,4-7H2,1-3H3/b9-8-. The molecular formula is C13H22S. The van der Waals surface area contributed by atoms with Crippen molar-refractivity contribution < 1.29 is 0 Å². The maximum Gasteiger partial charge on any atom is -0.00319 e. The second-order valence-corrected chi connectivity index (χ2v) is 4.85. The van der Waals surface area contributed by atoms with E-state index < -0.39 is 0 Å². The SMILES string of the molecule is C=C(S)/C=C\C(=C)C(C)CCC(C)C. The monoisotopic (exact) mass is 210 g/mol. The van der Waals surface area contributed by atoms with Gasteiger partial charge in [0.15, 0.2) is 0 Å². The first-order valence-corrected chi connectivity index (χ1v) is 5.63. The van der Waals surface area contributed by atoms with Gasteiger partial charge in [0.2, 0.25) is 0 Å². The second-order valence-electron chi connectivity index (χ2n) is 4.27. The molecule has 0 nitrogen and oxygen atoms in total. The molecule has 0 saturated heterocycles. The Hall–Kier alpha value is -0.430. The summed E-state index contributed by atoms with van der Waals surface area (Å²) in [5, 5.41) is 0. The minimum absolute atomic E-state index is 0.557. The van der Waals surface area contributed by atoms with Gasteiger partial charge in [0.05, 0.1) is 0 Å². The molecule has 0 heterocycles. The lowest BCUT2D eigenvalue weighted by molar-refractivity contribution is 0.494. The van der Waals surface area contributed by atoms with E-state index in [1.165, 1.54) is 18.4 Å². The van der Waals surface area contributed by atoms with Gasteiger partial charge in [-0.3, -0.25) is 0 Å². The summed E-state index contributed by atoms with van der Waals surface area (Å²) in [5.74, 6) is 1.33. The Morgan fingerprint density at radius 2 is 1.71 bits per heavy atom. The lowest BCUT2D eigenvalue weighted by Gasteiger charge is -2.12. The van der Waals surface area contributed by atoms with Crippen LogP contribution < -0.4 is 0 Å². The molecule has 0 radical (unpaired) electrons. The van der Waals surface area contributed by atoms with Crippen molar-refractivity contribution in [3.05, 3.63) is 35.8 Å². The van der Waals surface area contributed by atoms with Crippen LogP contribution in [-0.2, 0) is 0 Å². The normalized spacial score (nSPS) is 13.5. The van der Waals surface area contributed by atoms with Crippen LogP contribution in [0.3, 0.4) is 0 Å².